The van der Waals surface area contributed by atoms with Crippen LogP contribution in [0.3, 0.4) is 0 Å². The Bertz CT molecular complexity index is 658. The molecule has 2 aliphatic rings. The molecule has 7 heteroatoms. The van der Waals surface area contributed by atoms with Crippen LogP contribution in [0, 0.1) is 0 Å². The Hall–Kier alpha value is -2.41. The molecule has 3 amide bonds. The Morgan fingerprint density at radius 1 is 1.33 bits per heavy atom. The molecule has 4 N–H and O–H groups in total. The third kappa shape index (κ3) is 1.89. The Labute approximate surface area is 121 Å². The highest BCUT2D eigenvalue weighted by Gasteiger charge is 2.48. The number of nitrogens with zero attached hydrogens (tertiary/aromatic N) is 1. The summed E-state index contributed by atoms with van der Waals surface area (Å²) in [6.07, 6.45) is 0.549. The van der Waals surface area contributed by atoms with Crippen LogP contribution in [0.4, 0.5) is 5.69 Å². The second-order valence-electron chi connectivity index (χ2n) is 5.52. The van der Waals surface area contributed by atoms with Gasteiger partial charge in [0.25, 0.3) is 11.8 Å². The van der Waals surface area contributed by atoms with E-state index in [1.54, 1.807) is 25.1 Å². The number of fused-ring (bicyclic) bond motifs is 1. The van der Waals surface area contributed by atoms with Crippen molar-refractivity contribution < 1.29 is 14.4 Å². The van der Waals surface area contributed by atoms with Crippen LogP contribution in [0.5, 0.6) is 0 Å². The number of nitrogens with one attached hydrogen (secondary N) is 2. The molecule has 7 nitrogen and oxygen atoms in total. The molecule has 3 rings (SSSR count). The number of benzene rings is 1. The third-order valence-electron chi connectivity index (χ3n) is 4.30. The summed E-state index contributed by atoms with van der Waals surface area (Å²) in [6, 6.07) is 5.23. The van der Waals surface area contributed by atoms with Crippen molar-refractivity contribution >= 4 is 23.4 Å². The highest BCUT2D eigenvalue weighted by atomic mass is 16.2. The number of hydrogen-bond acceptors (Lipinski definition) is 5. The minimum absolute atomic E-state index is 0.214. The predicted molar refractivity (Wildman–Crippen MR) is 74.9 cm³/mol. The summed E-state index contributed by atoms with van der Waals surface area (Å²) in [5.41, 5.74) is 3.53. The smallest absolute Gasteiger partial charge is 0.255 e. The first-order valence-corrected chi connectivity index (χ1v) is 6.72. The molecule has 2 aliphatic heterocycles. The maximum Gasteiger partial charge on any atom is 0.255 e. The molecule has 1 atom stereocenters. The molecule has 1 unspecified atom stereocenters. The maximum absolute atomic E-state index is 12.6. The molecule has 0 spiro atoms. The van der Waals surface area contributed by atoms with Gasteiger partial charge in [0.2, 0.25) is 5.91 Å². The summed E-state index contributed by atoms with van der Waals surface area (Å²) in [6.45, 7) is 1.99. The Morgan fingerprint density at radius 2 is 2.10 bits per heavy atom. The maximum atomic E-state index is 12.6. The largest absolute Gasteiger partial charge is 0.324 e. The van der Waals surface area contributed by atoms with Gasteiger partial charge in [-0.15, -0.1) is 0 Å². The molecular weight excluding hydrogens is 272 g/mol. The lowest BCUT2D eigenvalue weighted by atomic mass is 9.89. The number of nitrogen functional groups attached to an aromatic ring is 1. The van der Waals surface area contributed by atoms with E-state index in [1.807, 2.05) is 0 Å². The van der Waals surface area contributed by atoms with Crippen LogP contribution < -0.4 is 16.6 Å². The van der Waals surface area contributed by atoms with Crippen LogP contribution >= 0.6 is 0 Å². The van der Waals surface area contributed by atoms with Gasteiger partial charge >= 0.3 is 0 Å². The average molecular weight is 288 g/mol. The zero-order chi connectivity index (χ0) is 15.2. The predicted octanol–water partition coefficient (Wildman–Crippen LogP) is 0.123. The molecule has 110 valence electrons. The van der Waals surface area contributed by atoms with E-state index in [-0.39, 0.29) is 18.2 Å². The van der Waals surface area contributed by atoms with Gasteiger partial charge in [0.1, 0.15) is 5.54 Å². The Kier molecular flexibility index (Phi) is 2.94. The minimum atomic E-state index is -1.02. The van der Waals surface area contributed by atoms with E-state index in [9.17, 15) is 14.4 Å². The molecule has 0 radical (unpaired) electrons. The second kappa shape index (κ2) is 4.56. The molecule has 0 aromatic heterocycles. The number of carbonyl (C=O) groups is 3. The first-order chi connectivity index (χ1) is 9.97. The van der Waals surface area contributed by atoms with Crippen molar-refractivity contribution in [3.63, 3.8) is 0 Å². The van der Waals surface area contributed by atoms with Crippen molar-refractivity contribution in [1.29, 1.82) is 0 Å². The number of nitrogens with two attached hydrogens (primary N) is 1. The zero-order valence-electron chi connectivity index (χ0n) is 11.6. The molecule has 0 bridgehead atoms. The molecule has 0 aliphatic carbocycles. The van der Waals surface area contributed by atoms with Crippen molar-refractivity contribution in [3.8, 4) is 0 Å². The fraction of sp³-hybridized carbons (Fsp3) is 0.357. The molecule has 1 fully saturated rings. The molecule has 21 heavy (non-hydrogen) atoms. The number of rotatable bonds is 2. The van der Waals surface area contributed by atoms with Crippen LogP contribution in [0.1, 0.15) is 35.7 Å². The molecule has 1 aromatic carbocycles. The molecule has 0 saturated carbocycles. The van der Waals surface area contributed by atoms with Gasteiger partial charge in [0.05, 0.1) is 5.69 Å². The second-order valence-corrected chi connectivity index (χ2v) is 5.52. The van der Waals surface area contributed by atoms with Gasteiger partial charge in [-0.25, -0.2) is 0 Å². The van der Waals surface area contributed by atoms with Crippen molar-refractivity contribution in [2.24, 2.45) is 5.84 Å². The molecular formula is C14H16N4O3. The number of hydrogen-bond donors (Lipinski definition) is 3. The van der Waals surface area contributed by atoms with Gasteiger partial charge in [0, 0.05) is 24.1 Å². The minimum Gasteiger partial charge on any atom is -0.324 e. The number of amides is 3. The highest BCUT2D eigenvalue weighted by molar-refractivity contribution is 6.07. The topological polar surface area (TPSA) is 105 Å². The fourth-order valence-electron chi connectivity index (χ4n) is 2.92. The van der Waals surface area contributed by atoms with Crippen LogP contribution in [0.25, 0.3) is 0 Å². The van der Waals surface area contributed by atoms with Crippen molar-refractivity contribution in [1.82, 2.24) is 10.2 Å². The van der Waals surface area contributed by atoms with Crippen molar-refractivity contribution in [3.05, 3.63) is 29.3 Å². The van der Waals surface area contributed by atoms with E-state index in [1.165, 1.54) is 4.90 Å². The summed E-state index contributed by atoms with van der Waals surface area (Å²) in [7, 11) is 0. The molecule has 1 aromatic rings. The van der Waals surface area contributed by atoms with Gasteiger partial charge in [-0.2, -0.15) is 0 Å². The monoisotopic (exact) mass is 288 g/mol. The average Bonchev–Trinajstić information content (AvgIpc) is 2.81. The number of hydrazine groups is 1. The van der Waals surface area contributed by atoms with Crippen molar-refractivity contribution in [2.45, 2.75) is 31.8 Å². The standard InChI is InChI=1S/C14H16N4O3/c1-14(6-5-11(19)16-13(14)21)18-7-9-8(12(18)20)3-2-4-10(9)17-15/h2-4,17H,5-7,15H2,1H3,(H,16,19,21). The van der Waals surface area contributed by atoms with E-state index in [4.69, 9.17) is 5.84 Å². The van der Waals surface area contributed by atoms with E-state index in [2.05, 4.69) is 10.7 Å². The van der Waals surface area contributed by atoms with Crippen LogP contribution in [0.2, 0.25) is 0 Å². The van der Waals surface area contributed by atoms with Gasteiger partial charge < -0.3 is 10.3 Å². The van der Waals surface area contributed by atoms with Gasteiger partial charge in [-0.1, -0.05) is 6.07 Å². The van der Waals surface area contributed by atoms with Crippen LogP contribution in [0.15, 0.2) is 18.2 Å². The lowest BCUT2D eigenvalue weighted by Crippen LogP contribution is -2.61. The van der Waals surface area contributed by atoms with Crippen LogP contribution in [-0.2, 0) is 16.1 Å². The highest BCUT2D eigenvalue weighted by Crippen LogP contribution is 2.36. The molecule has 1 saturated heterocycles. The van der Waals surface area contributed by atoms with Crippen LogP contribution in [-0.4, -0.2) is 28.2 Å². The van der Waals surface area contributed by atoms with E-state index < -0.39 is 11.4 Å². The first kappa shape index (κ1) is 13.6. The van der Waals surface area contributed by atoms with Crippen molar-refractivity contribution in [2.75, 3.05) is 5.43 Å². The normalized spacial score (nSPS) is 24.9. The lowest BCUT2D eigenvalue weighted by Gasteiger charge is -2.39. The zero-order valence-corrected chi connectivity index (χ0v) is 11.6. The number of carbonyl (C=O) groups excluding carboxylic acids is 3. The summed E-state index contributed by atoms with van der Waals surface area (Å²) < 4.78 is 0. The first-order valence-electron chi connectivity index (χ1n) is 6.72. The van der Waals surface area contributed by atoms with E-state index in [0.717, 1.165) is 5.56 Å². The molecule has 2 heterocycles. The SMILES string of the molecule is CC1(N2Cc3c(NN)cccc3C2=O)CCC(=O)NC1=O. The summed E-state index contributed by atoms with van der Waals surface area (Å²) in [5, 5.41) is 2.31. The quantitative estimate of drug-likeness (QED) is 0.407. The number of piperidine rings is 1. The lowest BCUT2D eigenvalue weighted by molar-refractivity contribution is -0.142. The summed E-state index contributed by atoms with van der Waals surface area (Å²) >= 11 is 0. The third-order valence-corrected chi connectivity index (χ3v) is 4.30. The Morgan fingerprint density at radius 3 is 2.76 bits per heavy atom. The summed E-state index contributed by atoms with van der Waals surface area (Å²) in [4.78, 5) is 37.6. The van der Waals surface area contributed by atoms with E-state index >= 15 is 0 Å². The number of imide groups is 1. The number of anilines is 1. The summed E-state index contributed by atoms with van der Waals surface area (Å²) in [5.74, 6) is 4.52. The van der Waals surface area contributed by atoms with E-state index in [0.29, 0.717) is 24.2 Å². The Balaban J connectivity index is 1.98. The van der Waals surface area contributed by atoms with Gasteiger partial charge in [0.15, 0.2) is 0 Å². The fourth-order valence-corrected chi connectivity index (χ4v) is 2.92. The van der Waals surface area contributed by atoms with Gasteiger partial charge in [-0.05, 0) is 25.5 Å². The van der Waals surface area contributed by atoms with Gasteiger partial charge in [-0.3, -0.25) is 25.5 Å².